The van der Waals surface area contributed by atoms with Crippen LogP contribution in [0.15, 0.2) is 22.8 Å². The minimum Gasteiger partial charge on any atom is -0.481 e. The zero-order chi connectivity index (χ0) is 12.9. The van der Waals surface area contributed by atoms with Gasteiger partial charge in [-0.1, -0.05) is 13.8 Å². The molecule has 1 heterocycles. The molecule has 0 aliphatic carbocycles. The van der Waals surface area contributed by atoms with Crippen LogP contribution in [0, 0.1) is 5.41 Å². The van der Waals surface area contributed by atoms with Gasteiger partial charge in [0.2, 0.25) is 0 Å². The molecule has 2 N–H and O–H groups in total. The van der Waals surface area contributed by atoms with Crippen molar-refractivity contribution in [2.75, 3.05) is 6.54 Å². The summed E-state index contributed by atoms with van der Waals surface area (Å²) in [5.74, 6) is -1.08. The molecule has 5 nitrogen and oxygen atoms in total. The first-order valence-corrected chi connectivity index (χ1v) is 5.61. The van der Waals surface area contributed by atoms with E-state index >= 15 is 0 Å². The van der Waals surface area contributed by atoms with E-state index in [0.29, 0.717) is 12.8 Å². The Balaban J connectivity index is 2.65. The highest BCUT2D eigenvalue weighted by Crippen LogP contribution is 2.25. The van der Waals surface area contributed by atoms with Crippen LogP contribution in [0.5, 0.6) is 0 Å². The first kappa shape index (κ1) is 13.3. The van der Waals surface area contributed by atoms with E-state index in [4.69, 9.17) is 4.42 Å². The zero-order valence-corrected chi connectivity index (χ0v) is 10.0. The summed E-state index contributed by atoms with van der Waals surface area (Å²) in [6, 6.07) is 3.15. The van der Waals surface area contributed by atoms with E-state index in [0.717, 1.165) is 0 Å². The Hall–Kier alpha value is -1.78. The van der Waals surface area contributed by atoms with Gasteiger partial charge in [0, 0.05) is 6.54 Å². The Labute approximate surface area is 99.8 Å². The highest BCUT2D eigenvalue weighted by atomic mass is 16.4. The molecule has 1 aromatic heterocycles. The van der Waals surface area contributed by atoms with Crippen LogP contribution in [0.4, 0.5) is 0 Å². The van der Waals surface area contributed by atoms with E-state index in [1.54, 1.807) is 19.9 Å². The van der Waals surface area contributed by atoms with E-state index in [-0.39, 0.29) is 18.2 Å². The van der Waals surface area contributed by atoms with Gasteiger partial charge in [0.1, 0.15) is 0 Å². The third-order valence-electron chi connectivity index (χ3n) is 3.14. The van der Waals surface area contributed by atoms with Gasteiger partial charge in [-0.3, -0.25) is 9.59 Å². The molecule has 0 saturated heterocycles. The van der Waals surface area contributed by atoms with Gasteiger partial charge in [0.25, 0.3) is 5.91 Å². The molecule has 0 spiro atoms. The van der Waals surface area contributed by atoms with E-state index in [2.05, 4.69) is 5.32 Å². The second kappa shape index (κ2) is 5.52. The number of aliphatic carboxylic acids is 1. The van der Waals surface area contributed by atoms with Crippen molar-refractivity contribution in [3.05, 3.63) is 24.2 Å². The average molecular weight is 239 g/mol. The first-order chi connectivity index (χ1) is 8.05. The third kappa shape index (κ3) is 2.87. The van der Waals surface area contributed by atoms with Gasteiger partial charge in [-0.15, -0.1) is 0 Å². The van der Waals surface area contributed by atoms with Gasteiger partial charge >= 0.3 is 5.97 Å². The summed E-state index contributed by atoms with van der Waals surface area (Å²) in [5.41, 5.74) is -0.901. The topological polar surface area (TPSA) is 79.5 Å². The van der Waals surface area contributed by atoms with Crippen molar-refractivity contribution < 1.29 is 19.1 Å². The molecule has 1 amide bonds. The summed E-state index contributed by atoms with van der Waals surface area (Å²) in [6.45, 7) is 3.71. The molecule has 0 radical (unpaired) electrons. The van der Waals surface area contributed by atoms with E-state index in [1.165, 1.54) is 12.3 Å². The van der Waals surface area contributed by atoms with E-state index in [9.17, 15) is 14.7 Å². The van der Waals surface area contributed by atoms with E-state index < -0.39 is 11.4 Å². The lowest BCUT2D eigenvalue weighted by atomic mass is 9.82. The number of carbonyl (C=O) groups is 2. The number of rotatable bonds is 6. The maximum absolute atomic E-state index is 11.6. The molecule has 17 heavy (non-hydrogen) atoms. The summed E-state index contributed by atoms with van der Waals surface area (Å²) >= 11 is 0. The summed E-state index contributed by atoms with van der Waals surface area (Å²) in [5, 5.41) is 11.8. The number of amides is 1. The number of furan rings is 1. The SMILES string of the molecule is CCC(CC)(CNC(=O)c1ccco1)C(=O)O. The molecule has 0 aliphatic heterocycles. The predicted molar refractivity (Wildman–Crippen MR) is 61.7 cm³/mol. The number of hydrogen-bond donors (Lipinski definition) is 2. The normalized spacial score (nSPS) is 11.2. The Morgan fingerprint density at radius 2 is 2.06 bits per heavy atom. The van der Waals surface area contributed by atoms with Crippen LogP contribution in [-0.4, -0.2) is 23.5 Å². The predicted octanol–water partition coefficient (Wildman–Crippen LogP) is 1.90. The maximum Gasteiger partial charge on any atom is 0.311 e. The number of carboxylic acid groups (broad SMARTS) is 1. The molecule has 94 valence electrons. The second-order valence-corrected chi connectivity index (χ2v) is 3.95. The molecular weight excluding hydrogens is 222 g/mol. The largest absolute Gasteiger partial charge is 0.481 e. The minimum atomic E-state index is -0.901. The Bertz CT molecular complexity index is 379. The standard InChI is InChI=1S/C12H17NO4/c1-3-12(4-2,11(15)16)8-13-10(14)9-6-5-7-17-9/h5-7H,3-4,8H2,1-2H3,(H,13,14)(H,15,16). The van der Waals surface area contributed by atoms with Gasteiger partial charge in [0.15, 0.2) is 5.76 Å². The third-order valence-corrected chi connectivity index (χ3v) is 3.14. The molecule has 0 atom stereocenters. The molecular formula is C12H17NO4. The summed E-state index contributed by atoms with van der Waals surface area (Å²) < 4.78 is 4.93. The van der Waals surface area contributed by atoms with Gasteiger partial charge in [0.05, 0.1) is 11.7 Å². The molecule has 1 aromatic rings. The lowest BCUT2D eigenvalue weighted by Gasteiger charge is -2.26. The molecule has 0 fully saturated rings. The van der Waals surface area contributed by atoms with E-state index in [1.807, 2.05) is 0 Å². The quantitative estimate of drug-likeness (QED) is 0.794. The van der Waals surface area contributed by atoms with Gasteiger partial charge in [-0.2, -0.15) is 0 Å². The molecule has 0 bridgehead atoms. The van der Waals surface area contributed by atoms with Crippen molar-refractivity contribution in [1.82, 2.24) is 5.32 Å². The monoisotopic (exact) mass is 239 g/mol. The fourth-order valence-corrected chi connectivity index (χ4v) is 1.62. The van der Waals surface area contributed by atoms with Crippen LogP contribution in [0.3, 0.4) is 0 Å². The highest BCUT2D eigenvalue weighted by Gasteiger charge is 2.35. The molecule has 0 aliphatic rings. The average Bonchev–Trinajstić information content (AvgIpc) is 2.84. The van der Waals surface area contributed by atoms with Crippen molar-refractivity contribution in [3.8, 4) is 0 Å². The van der Waals surface area contributed by atoms with Crippen LogP contribution in [0.2, 0.25) is 0 Å². The fourth-order valence-electron chi connectivity index (χ4n) is 1.62. The molecule has 0 aromatic carbocycles. The van der Waals surface area contributed by atoms with Crippen LogP contribution >= 0.6 is 0 Å². The Morgan fingerprint density at radius 1 is 1.41 bits per heavy atom. The first-order valence-electron chi connectivity index (χ1n) is 5.61. The number of nitrogens with one attached hydrogen (secondary N) is 1. The van der Waals surface area contributed by atoms with Crippen LogP contribution < -0.4 is 5.32 Å². The summed E-state index contributed by atoms with van der Waals surface area (Å²) in [4.78, 5) is 22.8. The minimum absolute atomic E-state index is 0.106. The van der Waals surface area contributed by atoms with Crippen LogP contribution in [0.25, 0.3) is 0 Å². The Morgan fingerprint density at radius 3 is 2.47 bits per heavy atom. The number of carboxylic acids is 1. The Kier molecular flexibility index (Phi) is 4.31. The maximum atomic E-state index is 11.6. The van der Waals surface area contributed by atoms with Crippen molar-refractivity contribution in [1.29, 1.82) is 0 Å². The molecule has 5 heteroatoms. The lowest BCUT2D eigenvalue weighted by Crippen LogP contribution is -2.42. The summed E-state index contributed by atoms with van der Waals surface area (Å²) in [7, 11) is 0. The molecule has 0 saturated carbocycles. The second-order valence-electron chi connectivity index (χ2n) is 3.95. The number of carbonyl (C=O) groups excluding carboxylic acids is 1. The van der Waals surface area contributed by atoms with Crippen molar-refractivity contribution in [2.45, 2.75) is 26.7 Å². The van der Waals surface area contributed by atoms with Crippen LogP contribution in [-0.2, 0) is 4.79 Å². The van der Waals surface area contributed by atoms with Crippen molar-refractivity contribution in [3.63, 3.8) is 0 Å². The van der Waals surface area contributed by atoms with Gasteiger partial charge < -0.3 is 14.8 Å². The smallest absolute Gasteiger partial charge is 0.311 e. The number of hydrogen-bond acceptors (Lipinski definition) is 3. The van der Waals surface area contributed by atoms with Crippen molar-refractivity contribution >= 4 is 11.9 Å². The molecule has 0 unspecified atom stereocenters. The zero-order valence-electron chi connectivity index (χ0n) is 10.0. The van der Waals surface area contributed by atoms with Crippen molar-refractivity contribution in [2.24, 2.45) is 5.41 Å². The fraction of sp³-hybridized carbons (Fsp3) is 0.500. The van der Waals surface area contributed by atoms with Gasteiger partial charge in [-0.05, 0) is 25.0 Å². The van der Waals surface area contributed by atoms with Crippen LogP contribution in [0.1, 0.15) is 37.2 Å². The molecule has 1 rings (SSSR count). The lowest BCUT2D eigenvalue weighted by molar-refractivity contribution is -0.149. The highest BCUT2D eigenvalue weighted by molar-refractivity contribution is 5.91. The van der Waals surface area contributed by atoms with Gasteiger partial charge in [-0.25, -0.2) is 0 Å². The summed E-state index contributed by atoms with van der Waals surface area (Å²) in [6.07, 6.45) is 2.34.